The molecule has 0 spiro atoms. The lowest BCUT2D eigenvalue weighted by Crippen LogP contribution is -2.46. The number of hydrogen-bond donors (Lipinski definition) is 1. The first-order chi connectivity index (χ1) is 9.19. The molecule has 2 atom stereocenters. The lowest BCUT2D eigenvalue weighted by atomic mass is 9.97. The number of ether oxygens (including phenoxy) is 1. The smallest absolute Gasteiger partial charge is 0.169 e. The third-order valence-electron chi connectivity index (χ3n) is 4.54. The van der Waals surface area contributed by atoms with Gasteiger partial charge in [-0.1, -0.05) is 12.1 Å². The van der Waals surface area contributed by atoms with E-state index in [2.05, 4.69) is 4.90 Å². The van der Waals surface area contributed by atoms with Crippen molar-refractivity contribution in [2.24, 2.45) is 5.73 Å². The Bertz CT molecular complexity index is 451. The second-order valence-electron chi connectivity index (χ2n) is 5.72. The number of nitrogens with zero attached hydrogens (tertiary/aromatic N) is 1. The van der Waals surface area contributed by atoms with Crippen LogP contribution in [0, 0.1) is 5.82 Å². The van der Waals surface area contributed by atoms with Crippen LogP contribution in [0.2, 0.25) is 0 Å². The fourth-order valence-electron chi connectivity index (χ4n) is 3.61. The Balaban J connectivity index is 1.79. The molecular weight excluding hydrogens is 243 g/mol. The van der Waals surface area contributed by atoms with Gasteiger partial charge in [0.15, 0.2) is 11.6 Å². The Hall–Kier alpha value is -1.13. The molecule has 2 unspecified atom stereocenters. The summed E-state index contributed by atoms with van der Waals surface area (Å²) in [6.45, 7) is 0.672. The van der Waals surface area contributed by atoms with Gasteiger partial charge in [-0.25, -0.2) is 4.39 Å². The van der Waals surface area contributed by atoms with Gasteiger partial charge in [0.25, 0.3) is 0 Å². The molecule has 2 saturated heterocycles. The maximum absolute atomic E-state index is 14.2. The second kappa shape index (κ2) is 5.10. The minimum Gasteiger partial charge on any atom is -0.494 e. The maximum atomic E-state index is 14.2. The maximum Gasteiger partial charge on any atom is 0.169 e. The van der Waals surface area contributed by atoms with Crippen LogP contribution in [0.25, 0.3) is 0 Å². The predicted molar refractivity (Wildman–Crippen MR) is 72.5 cm³/mol. The fourth-order valence-corrected chi connectivity index (χ4v) is 3.61. The molecule has 2 bridgehead atoms. The van der Waals surface area contributed by atoms with Gasteiger partial charge < -0.3 is 10.5 Å². The Morgan fingerprint density at radius 2 is 2.00 bits per heavy atom. The molecule has 2 heterocycles. The van der Waals surface area contributed by atoms with Crippen LogP contribution < -0.4 is 10.5 Å². The Morgan fingerprint density at radius 3 is 2.63 bits per heavy atom. The van der Waals surface area contributed by atoms with Gasteiger partial charge in [-0.15, -0.1) is 0 Å². The van der Waals surface area contributed by atoms with Crippen molar-refractivity contribution in [1.82, 2.24) is 4.90 Å². The molecule has 2 N–H and O–H groups in total. The van der Waals surface area contributed by atoms with E-state index in [-0.39, 0.29) is 5.82 Å². The summed E-state index contributed by atoms with van der Waals surface area (Å²) in [6, 6.07) is 6.75. The molecule has 0 radical (unpaired) electrons. The van der Waals surface area contributed by atoms with Crippen molar-refractivity contribution < 1.29 is 9.13 Å². The molecule has 2 aliphatic rings. The van der Waals surface area contributed by atoms with Crippen molar-refractivity contribution in [2.75, 3.05) is 7.11 Å². The van der Waals surface area contributed by atoms with Gasteiger partial charge in [0.2, 0.25) is 0 Å². The van der Waals surface area contributed by atoms with Crippen molar-refractivity contribution in [3.8, 4) is 5.75 Å². The molecule has 2 fully saturated rings. The summed E-state index contributed by atoms with van der Waals surface area (Å²) in [5.74, 6) is 0.109. The van der Waals surface area contributed by atoms with Crippen LogP contribution in [0.5, 0.6) is 5.75 Å². The quantitative estimate of drug-likeness (QED) is 0.910. The molecule has 104 valence electrons. The molecule has 0 saturated carbocycles. The van der Waals surface area contributed by atoms with Gasteiger partial charge in [0, 0.05) is 30.2 Å². The van der Waals surface area contributed by atoms with Crippen molar-refractivity contribution in [3.05, 3.63) is 29.6 Å². The molecule has 3 nitrogen and oxygen atoms in total. The Labute approximate surface area is 113 Å². The van der Waals surface area contributed by atoms with Crippen molar-refractivity contribution >= 4 is 0 Å². The molecule has 3 rings (SSSR count). The van der Waals surface area contributed by atoms with Crippen LogP contribution in [0.4, 0.5) is 4.39 Å². The number of benzene rings is 1. The Morgan fingerprint density at radius 1 is 1.32 bits per heavy atom. The van der Waals surface area contributed by atoms with E-state index in [1.807, 2.05) is 12.1 Å². The third-order valence-corrected chi connectivity index (χ3v) is 4.54. The van der Waals surface area contributed by atoms with E-state index in [0.29, 0.717) is 30.4 Å². The summed E-state index contributed by atoms with van der Waals surface area (Å²) in [5.41, 5.74) is 6.79. The van der Waals surface area contributed by atoms with Crippen molar-refractivity contribution in [1.29, 1.82) is 0 Å². The summed E-state index contributed by atoms with van der Waals surface area (Å²) < 4.78 is 19.3. The lowest BCUT2D eigenvalue weighted by Gasteiger charge is -2.37. The number of methoxy groups -OCH3 is 1. The van der Waals surface area contributed by atoms with Gasteiger partial charge in [-0.3, -0.25) is 4.90 Å². The number of rotatable bonds is 3. The normalized spacial score (nSPS) is 30.6. The first kappa shape index (κ1) is 12.9. The average Bonchev–Trinajstić information content (AvgIpc) is 2.64. The highest BCUT2D eigenvalue weighted by Gasteiger charge is 2.39. The zero-order valence-corrected chi connectivity index (χ0v) is 11.3. The van der Waals surface area contributed by atoms with Crippen LogP contribution in [0.3, 0.4) is 0 Å². The summed E-state index contributed by atoms with van der Waals surface area (Å²) in [7, 11) is 1.51. The zero-order valence-electron chi connectivity index (χ0n) is 11.3. The molecule has 1 aromatic rings. The summed E-state index contributed by atoms with van der Waals surface area (Å²) in [5, 5.41) is 0. The summed E-state index contributed by atoms with van der Waals surface area (Å²) >= 11 is 0. The van der Waals surface area contributed by atoms with E-state index in [1.54, 1.807) is 6.07 Å². The standard InChI is InChI=1S/C15H21FN2O/c1-19-14-4-2-3-10(15(14)16)9-18-12-5-6-13(18)8-11(17)7-12/h2-4,11-13H,5-9,17H2,1H3. The molecule has 2 aliphatic heterocycles. The summed E-state index contributed by atoms with van der Waals surface area (Å²) in [6.07, 6.45) is 4.48. The monoisotopic (exact) mass is 264 g/mol. The van der Waals surface area contributed by atoms with Gasteiger partial charge in [-0.05, 0) is 31.7 Å². The first-order valence-electron chi connectivity index (χ1n) is 7.01. The molecule has 0 amide bonds. The third kappa shape index (κ3) is 2.35. The van der Waals surface area contributed by atoms with Crippen LogP contribution >= 0.6 is 0 Å². The second-order valence-corrected chi connectivity index (χ2v) is 5.72. The van der Waals surface area contributed by atoms with Gasteiger partial charge in [-0.2, -0.15) is 0 Å². The van der Waals surface area contributed by atoms with Gasteiger partial charge >= 0.3 is 0 Å². The number of nitrogens with two attached hydrogens (primary N) is 1. The number of piperidine rings is 1. The molecule has 4 heteroatoms. The van der Waals surface area contributed by atoms with E-state index >= 15 is 0 Å². The molecule has 0 aromatic heterocycles. The average molecular weight is 264 g/mol. The van der Waals surface area contributed by atoms with Crippen molar-refractivity contribution in [3.63, 3.8) is 0 Å². The van der Waals surface area contributed by atoms with E-state index in [1.165, 1.54) is 20.0 Å². The van der Waals surface area contributed by atoms with E-state index in [4.69, 9.17) is 10.5 Å². The lowest BCUT2D eigenvalue weighted by molar-refractivity contribution is 0.118. The van der Waals surface area contributed by atoms with Gasteiger partial charge in [0.05, 0.1) is 7.11 Å². The highest BCUT2D eigenvalue weighted by atomic mass is 19.1. The predicted octanol–water partition coefficient (Wildman–Crippen LogP) is 2.29. The van der Waals surface area contributed by atoms with Crippen LogP contribution in [0.15, 0.2) is 18.2 Å². The number of hydrogen-bond acceptors (Lipinski definition) is 3. The summed E-state index contributed by atoms with van der Waals surface area (Å²) in [4.78, 5) is 2.43. The molecule has 1 aromatic carbocycles. The number of halogens is 1. The van der Waals surface area contributed by atoms with Crippen molar-refractivity contribution in [2.45, 2.75) is 50.4 Å². The highest BCUT2D eigenvalue weighted by Crippen LogP contribution is 2.36. The fraction of sp³-hybridized carbons (Fsp3) is 0.600. The zero-order chi connectivity index (χ0) is 13.4. The Kier molecular flexibility index (Phi) is 3.46. The minimum absolute atomic E-state index is 0.223. The molecular formula is C15H21FN2O. The highest BCUT2D eigenvalue weighted by molar-refractivity contribution is 5.31. The SMILES string of the molecule is COc1cccc(CN2C3CCC2CC(N)C3)c1F. The molecule has 0 aliphatic carbocycles. The van der Waals surface area contributed by atoms with Crippen LogP contribution in [-0.4, -0.2) is 30.1 Å². The largest absolute Gasteiger partial charge is 0.494 e. The molecule has 19 heavy (non-hydrogen) atoms. The van der Waals surface area contributed by atoms with Crippen LogP contribution in [0.1, 0.15) is 31.2 Å². The minimum atomic E-state index is -0.223. The number of fused-ring (bicyclic) bond motifs is 2. The van der Waals surface area contributed by atoms with E-state index in [9.17, 15) is 4.39 Å². The topological polar surface area (TPSA) is 38.5 Å². The first-order valence-corrected chi connectivity index (χ1v) is 7.01. The van der Waals surface area contributed by atoms with E-state index in [0.717, 1.165) is 18.4 Å². The van der Waals surface area contributed by atoms with Gasteiger partial charge in [0.1, 0.15) is 0 Å². The van der Waals surface area contributed by atoms with E-state index < -0.39 is 0 Å². The van der Waals surface area contributed by atoms with Crippen LogP contribution in [-0.2, 0) is 6.54 Å².